The maximum atomic E-state index is 12.2. The van der Waals surface area contributed by atoms with Crippen LogP contribution in [0.4, 0.5) is 4.79 Å². The van der Waals surface area contributed by atoms with E-state index in [0.29, 0.717) is 5.41 Å². The van der Waals surface area contributed by atoms with Gasteiger partial charge in [0.05, 0.1) is 13.2 Å². The van der Waals surface area contributed by atoms with E-state index < -0.39 is 0 Å². The molecule has 5 nitrogen and oxygen atoms in total. The van der Waals surface area contributed by atoms with E-state index in [9.17, 15) is 4.79 Å². The second kappa shape index (κ2) is 7.45. The molecule has 2 rings (SSSR count). The first-order valence-electron chi connectivity index (χ1n) is 8.29. The van der Waals surface area contributed by atoms with Crippen molar-refractivity contribution in [3.05, 3.63) is 0 Å². The lowest BCUT2D eigenvalue weighted by Gasteiger charge is -2.38. The molecule has 2 amide bonds. The van der Waals surface area contributed by atoms with E-state index in [1.807, 2.05) is 4.90 Å². The van der Waals surface area contributed by atoms with Gasteiger partial charge in [-0.05, 0) is 24.2 Å². The third-order valence-electron chi connectivity index (χ3n) is 4.81. The van der Waals surface area contributed by atoms with Crippen LogP contribution >= 0.6 is 0 Å². The molecule has 0 aromatic carbocycles. The van der Waals surface area contributed by atoms with Gasteiger partial charge in [-0.3, -0.25) is 4.90 Å². The molecule has 2 aliphatic heterocycles. The van der Waals surface area contributed by atoms with Crippen LogP contribution in [-0.4, -0.2) is 68.3 Å². The first kappa shape index (κ1) is 16.6. The average molecular weight is 297 g/mol. The van der Waals surface area contributed by atoms with Gasteiger partial charge >= 0.3 is 6.03 Å². The molecule has 122 valence electrons. The van der Waals surface area contributed by atoms with Crippen molar-refractivity contribution < 1.29 is 9.53 Å². The molecular formula is C16H31N3O2. The molecule has 2 aliphatic rings. The minimum Gasteiger partial charge on any atom is -0.379 e. The number of nitrogens with zero attached hydrogens (tertiary/aromatic N) is 2. The summed E-state index contributed by atoms with van der Waals surface area (Å²) in [6.07, 6.45) is 2.25. The number of ether oxygens (including phenoxy) is 1. The predicted octanol–water partition coefficient (Wildman–Crippen LogP) is 1.79. The number of rotatable bonds is 3. The third kappa shape index (κ3) is 5.15. The molecule has 0 bridgehead atoms. The van der Waals surface area contributed by atoms with Crippen LogP contribution in [0, 0.1) is 11.3 Å². The zero-order chi connectivity index (χ0) is 15.3. The Morgan fingerprint density at radius 3 is 2.33 bits per heavy atom. The molecule has 0 aliphatic carbocycles. The monoisotopic (exact) mass is 297 g/mol. The van der Waals surface area contributed by atoms with Gasteiger partial charge in [0.25, 0.3) is 0 Å². The zero-order valence-electron chi connectivity index (χ0n) is 13.9. The smallest absolute Gasteiger partial charge is 0.317 e. The molecule has 2 fully saturated rings. The van der Waals surface area contributed by atoms with Crippen LogP contribution in [-0.2, 0) is 4.74 Å². The fourth-order valence-corrected chi connectivity index (χ4v) is 3.21. The SMILES string of the molecule is CC(C)(C)C1CCN(C(=O)NCCN2CCOCC2)CC1. The van der Waals surface area contributed by atoms with Gasteiger partial charge in [0.15, 0.2) is 0 Å². The lowest BCUT2D eigenvalue weighted by molar-refractivity contribution is 0.0384. The van der Waals surface area contributed by atoms with Gasteiger partial charge in [0.2, 0.25) is 0 Å². The number of amides is 2. The minimum atomic E-state index is 0.107. The number of carbonyl (C=O) groups excluding carboxylic acids is 1. The van der Waals surface area contributed by atoms with Crippen molar-refractivity contribution in [3.63, 3.8) is 0 Å². The molecule has 0 radical (unpaired) electrons. The maximum Gasteiger partial charge on any atom is 0.317 e. The van der Waals surface area contributed by atoms with E-state index in [1.165, 1.54) is 0 Å². The Labute approximate surface area is 129 Å². The maximum absolute atomic E-state index is 12.2. The summed E-state index contributed by atoms with van der Waals surface area (Å²) in [5.74, 6) is 0.731. The lowest BCUT2D eigenvalue weighted by atomic mass is 9.75. The molecule has 0 aromatic heterocycles. The number of likely N-dealkylation sites (tertiary alicyclic amines) is 1. The quantitative estimate of drug-likeness (QED) is 0.864. The van der Waals surface area contributed by atoms with Crippen LogP contribution in [0.2, 0.25) is 0 Å². The highest BCUT2D eigenvalue weighted by Gasteiger charge is 2.30. The highest BCUT2D eigenvalue weighted by molar-refractivity contribution is 5.74. The van der Waals surface area contributed by atoms with Crippen molar-refractivity contribution in [1.82, 2.24) is 15.1 Å². The molecule has 0 aromatic rings. The van der Waals surface area contributed by atoms with Crippen molar-refractivity contribution in [2.24, 2.45) is 11.3 Å². The van der Waals surface area contributed by atoms with Crippen LogP contribution in [0.3, 0.4) is 0 Å². The first-order valence-corrected chi connectivity index (χ1v) is 8.29. The van der Waals surface area contributed by atoms with Crippen LogP contribution in [0.15, 0.2) is 0 Å². The highest BCUT2D eigenvalue weighted by Crippen LogP contribution is 2.34. The fraction of sp³-hybridized carbons (Fsp3) is 0.938. The highest BCUT2D eigenvalue weighted by atomic mass is 16.5. The van der Waals surface area contributed by atoms with Crippen molar-refractivity contribution in [1.29, 1.82) is 0 Å². The second-order valence-corrected chi connectivity index (χ2v) is 7.31. The Morgan fingerprint density at radius 1 is 1.14 bits per heavy atom. The largest absolute Gasteiger partial charge is 0.379 e. The van der Waals surface area contributed by atoms with Gasteiger partial charge in [-0.15, -0.1) is 0 Å². The Bertz CT molecular complexity index is 327. The number of morpholine rings is 1. The minimum absolute atomic E-state index is 0.107. The molecule has 2 heterocycles. The van der Waals surface area contributed by atoms with Gasteiger partial charge < -0.3 is 15.0 Å². The number of urea groups is 1. The zero-order valence-corrected chi connectivity index (χ0v) is 13.9. The number of carbonyl (C=O) groups is 1. The summed E-state index contributed by atoms with van der Waals surface area (Å²) < 4.78 is 5.32. The standard InChI is InChI=1S/C16H31N3O2/c1-16(2,3)14-4-7-19(8-5-14)15(20)17-6-9-18-10-12-21-13-11-18/h14H,4-13H2,1-3H3,(H,17,20). The number of nitrogens with one attached hydrogen (secondary N) is 1. The fourth-order valence-electron chi connectivity index (χ4n) is 3.21. The molecule has 0 atom stereocenters. The van der Waals surface area contributed by atoms with E-state index in [-0.39, 0.29) is 6.03 Å². The van der Waals surface area contributed by atoms with E-state index in [1.54, 1.807) is 0 Å². The molecular weight excluding hydrogens is 266 g/mol. The summed E-state index contributed by atoms with van der Waals surface area (Å²) in [5, 5.41) is 3.06. The molecule has 0 spiro atoms. The lowest BCUT2D eigenvalue weighted by Crippen LogP contribution is -2.48. The van der Waals surface area contributed by atoms with E-state index in [2.05, 4.69) is 31.0 Å². The molecule has 2 saturated heterocycles. The van der Waals surface area contributed by atoms with Gasteiger partial charge in [0, 0.05) is 39.3 Å². The average Bonchev–Trinajstić information content (AvgIpc) is 2.47. The van der Waals surface area contributed by atoms with Gasteiger partial charge in [0.1, 0.15) is 0 Å². The third-order valence-corrected chi connectivity index (χ3v) is 4.81. The summed E-state index contributed by atoms with van der Waals surface area (Å²) in [7, 11) is 0. The summed E-state index contributed by atoms with van der Waals surface area (Å²) in [6.45, 7) is 13.9. The van der Waals surface area contributed by atoms with Crippen molar-refractivity contribution >= 4 is 6.03 Å². The van der Waals surface area contributed by atoms with E-state index >= 15 is 0 Å². The molecule has 5 heteroatoms. The van der Waals surface area contributed by atoms with Crippen molar-refractivity contribution in [3.8, 4) is 0 Å². The molecule has 0 unspecified atom stereocenters. The first-order chi connectivity index (χ1) is 9.97. The van der Waals surface area contributed by atoms with Crippen molar-refractivity contribution in [2.45, 2.75) is 33.6 Å². The van der Waals surface area contributed by atoms with Crippen LogP contribution in [0.1, 0.15) is 33.6 Å². The summed E-state index contributed by atoms with van der Waals surface area (Å²) >= 11 is 0. The Morgan fingerprint density at radius 2 is 1.76 bits per heavy atom. The Balaban J connectivity index is 1.63. The summed E-state index contributed by atoms with van der Waals surface area (Å²) in [5.41, 5.74) is 0.360. The van der Waals surface area contributed by atoms with Crippen LogP contribution < -0.4 is 5.32 Å². The number of hydrogen-bond acceptors (Lipinski definition) is 3. The van der Waals surface area contributed by atoms with E-state index in [0.717, 1.165) is 71.2 Å². The summed E-state index contributed by atoms with van der Waals surface area (Å²) in [4.78, 5) is 16.5. The second-order valence-electron chi connectivity index (χ2n) is 7.31. The predicted molar refractivity (Wildman–Crippen MR) is 84.4 cm³/mol. The van der Waals surface area contributed by atoms with Crippen LogP contribution in [0.5, 0.6) is 0 Å². The van der Waals surface area contributed by atoms with Gasteiger partial charge in [-0.1, -0.05) is 20.8 Å². The number of piperidine rings is 1. The van der Waals surface area contributed by atoms with Gasteiger partial charge in [-0.2, -0.15) is 0 Å². The Kier molecular flexibility index (Phi) is 5.88. The number of hydrogen-bond donors (Lipinski definition) is 1. The summed E-state index contributed by atoms with van der Waals surface area (Å²) in [6, 6.07) is 0.107. The van der Waals surface area contributed by atoms with E-state index in [4.69, 9.17) is 4.74 Å². The molecule has 21 heavy (non-hydrogen) atoms. The molecule has 0 saturated carbocycles. The Hall–Kier alpha value is -0.810. The van der Waals surface area contributed by atoms with Crippen LogP contribution in [0.25, 0.3) is 0 Å². The van der Waals surface area contributed by atoms with Gasteiger partial charge in [-0.25, -0.2) is 4.79 Å². The topological polar surface area (TPSA) is 44.8 Å². The normalized spacial score (nSPS) is 22.3. The molecule has 1 N–H and O–H groups in total. The van der Waals surface area contributed by atoms with Crippen molar-refractivity contribution in [2.75, 3.05) is 52.5 Å².